The van der Waals surface area contributed by atoms with Gasteiger partial charge in [-0.2, -0.15) is 13.2 Å². The molecule has 7 heteroatoms. The van der Waals surface area contributed by atoms with Gasteiger partial charge in [-0.15, -0.1) is 0 Å². The molecule has 0 spiro atoms. The maximum atomic E-state index is 12.9. The number of carbonyl (C=O) groups excluding carboxylic acids is 2. The molecule has 1 aromatic carbocycles. The molecule has 1 rings (SSSR count). The van der Waals surface area contributed by atoms with Crippen LogP contribution in [0.15, 0.2) is 24.3 Å². The summed E-state index contributed by atoms with van der Waals surface area (Å²) >= 11 is 0. The lowest BCUT2D eigenvalue weighted by Crippen LogP contribution is -2.51. The second-order valence-corrected chi connectivity index (χ2v) is 5.98. The zero-order valence-corrected chi connectivity index (χ0v) is 12.8. The van der Waals surface area contributed by atoms with E-state index in [1.807, 2.05) is 0 Å². The van der Waals surface area contributed by atoms with Crippen LogP contribution < -0.4 is 10.6 Å². The maximum Gasteiger partial charge on any atom is 0.417 e. The first-order valence-corrected chi connectivity index (χ1v) is 6.71. The van der Waals surface area contributed by atoms with Crippen molar-refractivity contribution < 1.29 is 22.8 Å². The van der Waals surface area contributed by atoms with E-state index in [9.17, 15) is 22.8 Å². The largest absolute Gasteiger partial charge is 0.417 e. The van der Waals surface area contributed by atoms with Crippen LogP contribution in [0, 0.1) is 0 Å². The number of hydrogen-bond donors (Lipinski definition) is 2. The van der Waals surface area contributed by atoms with Gasteiger partial charge in [-0.05, 0) is 39.8 Å². The Hall–Kier alpha value is -2.05. The maximum absolute atomic E-state index is 12.9. The van der Waals surface area contributed by atoms with Crippen LogP contribution in [-0.2, 0) is 11.0 Å². The normalized spacial score (nSPS) is 13.4. The summed E-state index contributed by atoms with van der Waals surface area (Å²) in [6, 6.07) is 3.49. The van der Waals surface area contributed by atoms with E-state index < -0.39 is 40.7 Å². The molecular formula is C15H19F3N2O2. The van der Waals surface area contributed by atoms with Crippen molar-refractivity contribution in [1.29, 1.82) is 0 Å². The Morgan fingerprint density at radius 2 is 1.64 bits per heavy atom. The molecule has 2 amide bonds. The van der Waals surface area contributed by atoms with Gasteiger partial charge in [0.2, 0.25) is 5.91 Å². The van der Waals surface area contributed by atoms with E-state index in [1.165, 1.54) is 19.1 Å². The van der Waals surface area contributed by atoms with Crippen LogP contribution in [0.25, 0.3) is 0 Å². The molecule has 0 saturated heterocycles. The van der Waals surface area contributed by atoms with Gasteiger partial charge in [0.15, 0.2) is 0 Å². The predicted octanol–water partition coefficient (Wildman–Crippen LogP) is 2.74. The van der Waals surface area contributed by atoms with E-state index in [-0.39, 0.29) is 0 Å². The zero-order valence-electron chi connectivity index (χ0n) is 12.8. The van der Waals surface area contributed by atoms with Crippen molar-refractivity contribution in [2.45, 2.75) is 45.5 Å². The summed E-state index contributed by atoms with van der Waals surface area (Å²) in [6.07, 6.45) is -4.63. The molecule has 0 aliphatic carbocycles. The van der Waals surface area contributed by atoms with Gasteiger partial charge < -0.3 is 10.6 Å². The fourth-order valence-corrected chi connectivity index (χ4v) is 1.75. The summed E-state index contributed by atoms with van der Waals surface area (Å²) in [5, 5.41) is 4.92. The minimum Gasteiger partial charge on any atom is -0.350 e. The van der Waals surface area contributed by atoms with Crippen molar-refractivity contribution in [2.24, 2.45) is 0 Å². The number of alkyl halides is 3. The Morgan fingerprint density at radius 1 is 1.09 bits per heavy atom. The van der Waals surface area contributed by atoms with Gasteiger partial charge in [-0.1, -0.05) is 12.1 Å². The topological polar surface area (TPSA) is 58.2 Å². The Balaban J connectivity index is 2.89. The highest BCUT2D eigenvalue weighted by molar-refractivity contribution is 5.98. The Bertz CT molecular complexity index is 563. The first kappa shape index (κ1) is 18.0. The van der Waals surface area contributed by atoms with E-state index in [2.05, 4.69) is 10.6 Å². The van der Waals surface area contributed by atoms with Gasteiger partial charge in [0.1, 0.15) is 6.04 Å². The molecule has 122 valence electrons. The second kappa shape index (κ2) is 6.37. The number of halogens is 3. The molecule has 0 fully saturated rings. The van der Waals surface area contributed by atoms with E-state index in [0.717, 1.165) is 12.1 Å². The molecule has 0 saturated carbocycles. The van der Waals surface area contributed by atoms with Gasteiger partial charge in [0.25, 0.3) is 5.91 Å². The molecule has 22 heavy (non-hydrogen) atoms. The number of hydrogen-bond acceptors (Lipinski definition) is 2. The van der Waals surface area contributed by atoms with Crippen LogP contribution >= 0.6 is 0 Å². The van der Waals surface area contributed by atoms with E-state index in [1.54, 1.807) is 20.8 Å². The third kappa shape index (κ3) is 5.05. The molecule has 4 nitrogen and oxygen atoms in total. The van der Waals surface area contributed by atoms with Crippen molar-refractivity contribution in [3.05, 3.63) is 35.4 Å². The molecule has 0 aliphatic rings. The van der Waals surface area contributed by atoms with Crippen molar-refractivity contribution in [3.8, 4) is 0 Å². The summed E-state index contributed by atoms with van der Waals surface area (Å²) in [4.78, 5) is 23.9. The second-order valence-electron chi connectivity index (χ2n) is 5.98. The van der Waals surface area contributed by atoms with Crippen LogP contribution in [0.1, 0.15) is 43.6 Å². The zero-order chi connectivity index (χ0) is 17.1. The highest BCUT2D eigenvalue weighted by Gasteiger charge is 2.35. The van der Waals surface area contributed by atoms with E-state index >= 15 is 0 Å². The number of carbonyl (C=O) groups is 2. The first-order valence-electron chi connectivity index (χ1n) is 6.71. The molecular weight excluding hydrogens is 297 g/mol. The molecule has 0 radical (unpaired) electrons. The fourth-order valence-electron chi connectivity index (χ4n) is 1.75. The Morgan fingerprint density at radius 3 is 2.14 bits per heavy atom. The number of benzene rings is 1. The SMILES string of the molecule is C[C@H](NC(=O)c1ccccc1C(F)(F)F)C(=O)NC(C)(C)C. The molecule has 0 unspecified atom stereocenters. The summed E-state index contributed by atoms with van der Waals surface area (Å²) < 4.78 is 38.6. The highest BCUT2D eigenvalue weighted by Crippen LogP contribution is 2.31. The minimum atomic E-state index is -4.63. The number of rotatable bonds is 3. The Kier molecular flexibility index (Phi) is 5.22. The molecule has 0 heterocycles. The van der Waals surface area contributed by atoms with Gasteiger partial charge in [0.05, 0.1) is 11.1 Å². The Labute approximate surface area is 127 Å². The minimum absolute atomic E-state index is 0.467. The lowest BCUT2D eigenvalue weighted by molar-refractivity contribution is -0.137. The summed E-state index contributed by atoms with van der Waals surface area (Å²) in [6.45, 7) is 6.70. The van der Waals surface area contributed by atoms with Crippen molar-refractivity contribution in [1.82, 2.24) is 10.6 Å². The third-order valence-electron chi connectivity index (χ3n) is 2.72. The predicted molar refractivity (Wildman–Crippen MR) is 76.3 cm³/mol. The van der Waals surface area contributed by atoms with E-state index in [4.69, 9.17) is 0 Å². The van der Waals surface area contributed by atoms with Crippen LogP contribution in [-0.4, -0.2) is 23.4 Å². The lowest BCUT2D eigenvalue weighted by Gasteiger charge is -2.24. The quantitative estimate of drug-likeness (QED) is 0.901. The van der Waals surface area contributed by atoms with Gasteiger partial charge in [-0.3, -0.25) is 9.59 Å². The van der Waals surface area contributed by atoms with Crippen LogP contribution in [0.2, 0.25) is 0 Å². The first-order chi connectivity index (χ1) is 9.92. The average molecular weight is 316 g/mol. The van der Waals surface area contributed by atoms with Crippen LogP contribution in [0.4, 0.5) is 13.2 Å². The highest BCUT2D eigenvalue weighted by atomic mass is 19.4. The standard InChI is InChI=1S/C15H19F3N2O2/c1-9(12(21)20-14(2,3)4)19-13(22)10-7-5-6-8-11(10)15(16,17)18/h5-9H,1-4H3,(H,19,22)(H,20,21)/t9-/m0/s1. The lowest BCUT2D eigenvalue weighted by atomic mass is 10.1. The van der Waals surface area contributed by atoms with Crippen LogP contribution in [0.5, 0.6) is 0 Å². The molecule has 0 bridgehead atoms. The van der Waals surface area contributed by atoms with Gasteiger partial charge >= 0.3 is 6.18 Å². The third-order valence-corrected chi connectivity index (χ3v) is 2.72. The summed E-state index contributed by atoms with van der Waals surface area (Å²) in [5.74, 6) is -1.41. The molecule has 2 N–H and O–H groups in total. The van der Waals surface area contributed by atoms with Crippen molar-refractivity contribution >= 4 is 11.8 Å². The van der Waals surface area contributed by atoms with Crippen LogP contribution in [0.3, 0.4) is 0 Å². The number of nitrogens with one attached hydrogen (secondary N) is 2. The molecule has 1 aromatic rings. The van der Waals surface area contributed by atoms with Gasteiger partial charge in [0, 0.05) is 5.54 Å². The fraction of sp³-hybridized carbons (Fsp3) is 0.467. The molecule has 0 aliphatic heterocycles. The van der Waals surface area contributed by atoms with Crippen molar-refractivity contribution in [3.63, 3.8) is 0 Å². The molecule has 1 atom stereocenters. The summed E-state index contributed by atoms with van der Waals surface area (Å²) in [5.41, 5.74) is -2.04. The molecule has 0 aromatic heterocycles. The van der Waals surface area contributed by atoms with Crippen molar-refractivity contribution in [2.75, 3.05) is 0 Å². The summed E-state index contributed by atoms with van der Waals surface area (Å²) in [7, 11) is 0. The average Bonchev–Trinajstić information content (AvgIpc) is 2.35. The van der Waals surface area contributed by atoms with Gasteiger partial charge in [-0.25, -0.2) is 0 Å². The smallest absolute Gasteiger partial charge is 0.350 e. The number of amides is 2. The monoisotopic (exact) mass is 316 g/mol. The van der Waals surface area contributed by atoms with E-state index in [0.29, 0.717) is 0 Å².